The van der Waals surface area contributed by atoms with E-state index in [1.54, 1.807) is 12.4 Å². The van der Waals surface area contributed by atoms with E-state index < -0.39 is 0 Å². The highest BCUT2D eigenvalue weighted by molar-refractivity contribution is 5.76. The van der Waals surface area contributed by atoms with Gasteiger partial charge in [-0.25, -0.2) is 9.97 Å². The minimum Gasteiger partial charge on any atom is -0.470 e. The summed E-state index contributed by atoms with van der Waals surface area (Å²) in [4.78, 5) is 25.1. The Balaban J connectivity index is 1.58. The van der Waals surface area contributed by atoms with Crippen LogP contribution in [-0.2, 0) is 11.2 Å². The fourth-order valence-electron chi connectivity index (χ4n) is 3.38. The van der Waals surface area contributed by atoms with E-state index >= 15 is 0 Å². The number of aryl methyl sites for hydroxylation is 2. The largest absolute Gasteiger partial charge is 0.470 e. The molecule has 2 aromatic heterocycles. The molecule has 0 saturated carbocycles. The Morgan fingerprint density at radius 2 is 2.11 bits per heavy atom. The van der Waals surface area contributed by atoms with Gasteiger partial charge in [0.15, 0.2) is 5.82 Å². The minimum atomic E-state index is -0.0721. The molecule has 1 amide bonds. The van der Waals surface area contributed by atoms with Crippen LogP contribution in [0, 0.1) is 13.8 Å². The van der Waals surface area contributed by atoms with Gasteiger partial charge in [-0.1, -0.05) is 5.16 Å². The van der Waals surface area contributed by atoms with Crippen LogP contribution in [0.5, 0.6) is 5.88 Å². The average Bonchev–Trinajstić information content (AvgIpc) is 2.98. The molecule has 27 heavy (non-hydrogen) atoms. The second-order valence-corrected chi connectivity index (χ2v) is 7.10. The summed E-state index contributed by atoms with van der Waals surface area (Å²) in [5.41, 5.74) is 1.89. The molecule has 0 spiro atoms. The molecule has 1 aliphatic heterocycles. The van der Waals surface area contributed by atoms with Crippen LogP contribution in [0.1, 0.15) is 36.3 Å². The fourth-order valence-corrected chi connectivity index (χ4v) is 3.38. The SMILES string of the molecule is Cc1noc(C)c1CCC(=O)N1CCCC(Oc2nccnc2N(C)C)C1. The van der Waals surface area contributed by atoms with Crippen LogP contribution in [0.15, 0.2) is 16.9 Å². The quantitative estimate of drug-likeness (QED) is 0.767. The first kappa shape index (κ1) is 19.1. The van der Waals surface area contributed by atoms with Gasteiger partial charge >= 0.3 is 0 Å². The van der Waals surface area contributed by atoms with E-state index in [0.29, 0.717) is 31.1 Å². The molecule has 1 fully saturated rings. The molecule has 0 bridgehead atoms. The molecule has 0 aliphatic carbocycles. The van der Waals surface area contributed by atoms with Crippen LogP contribution in [0.2, 0.25) is 0 Å². The molecule has 0 radical (unpaired) electrons. The van der Waals surface area contributed by atoms with Crippen molar-refractivity contribution < 1.29 is 14.1 Å². The number of ether oxygens (including phenoxy) is 1. The van der Waals surface area contributed by atoms with E-state index in [9.17, 15) is 4.79 Å². The smallest absolute Gasteiger partial charge is 0.257 e. The van der Waals surface area contributed by atoms with Gasteiger partial charge in [0, 0.05) is 45.0 Å². The topological polar surface area (TPSA) is 84.6 Å². The maximum atomic E-state index is 12.7. The number of piperidine rings is 1. The Labute approximate surface area is 159 Å². The van der Waals surface area contributed by atoms with Gasteiger partial charge in [0.1, 0.15) is 11.9 Å². The summed E-state index contributed by atoms with van der Waals surface area (Å²) in [5.74, 6) is 2.13. The molecule has 1 aliphatic rings. The molecule has 0 N–H and O–H groups in total. The van der Waals surface area contributed by atoms with Crippen LogP contribution < -0.4 is 9.64 Å². The first-order valence-electron chi connectivity index (χ1n) is 9.30. The number of anilines is 1. The number of hydrogen-bond donors (Lipinski definition) is 0. The van der Waals surface area contributed by atoms with Crippen LogP contribution >= 0.6 is 0 Å². The van der Waals surface area contributed by atoms with Gasteiger partial charge in [0.2, 0.25) is 5.91 Å². The van der Waals surface area contributed by atoms with Gasteiger partial charge in [0.05, 0.1) is 12.2 Å². The van der Waals surface area contributed by atoms with E-state index in [4.69, 9.17) is 9.26 Å². The molecule has 146 valence electrons. The summed E-state index contributed by atoms with van der Waals surface area (Å²) in [6, 6.07) is 0. The number of carbonyl (C=O) groups is 1. The van der Waals surface area contributed by atoms with Gasteiger partial charge < -0.3 is 19.1 Å². The Morgan fingerprint density at radius 1 is 1.33 bits per heavy atom. The number of likely N-dealkylation sites (tertiary alicyclic amines) is 1. The number of aromatic nitrogens is 3. The van der Waals surface area contributed by atoms with Crippen molar-refractivity contribution in [2.45, 2.75) is 45.6 Å². The van der Waals surface area contributed by atoms with Gasteiger partial charge in [-0.05, 0) is 33.1 Å². The minimum absolute atomic E-state index is 0.0721. The van der Waals surface area contributed by atoms with Crippen LogP contribution in [0.3, 0.4) is 0 Å². The zero-order valence-corrected chi connectivity index (χ0v) is 16.4. The monoisotopic (exact) mass is 373 g/mol. The molecule has 1 saturated heterocycles. The Hall–Kier alpha value is -2.64. The molecule has 8 nitrogen and oxygen atoms in total. The highest BCUT2D eigenvalue weighted by atomic mass is 16.5. The van der Waals surface area contributed by atoms with E-state index in [-0.39, 0.29) is 12.0 Å². The van der Waals surface area contributed by atoms with E-state index in [1.165, 1.54) is 0 Å². The first-order chi connectivity index (χ1) is 13.0. The molecule has 0 aromatic carbocycles. The number of rotatable bonds is 6. The first-order valence-corrected chi connectivity index (χ1v) is 9.30. The molecule has 3 rings (SSSR count). The molecular formula is C19H27N5O3. The van der Waals surface area contributed by atoms with Gasteiger partial charge in [-0.2, -0.15) is 0 Å². The third-order valence-corrected chi connectivity index (χ3v) is 4.85. The summed E-state index contributed by atoms with van der Waals surface area (Å²) in [5, 5.41) is 3.95. The van der Waals surface area contributed by atoms with Gasteiger partial charge in [-0.3, -0.25) is 4.79 Å². The van der Waals surface area contributed by atoms with Crippen molar-refractivity contribution in [3.8, 4) is 5.88 Å². The zero-order valence-electron chi connectivity index (χ0n) is 16.4. The lowest BCUT2D eigenvalue weighted by atomic mass is 10.1. The molecule has 1 unspecified atom stereocenters. The van der Waals surface area contributed by atoms with Crippen LogP contribution in [-0.4, -0.2) is 59.2 Å². The predicted molar refractivity (Wildman–Crippen MR) is 101 cm³/mol. The summed E-state index contributed by atoms with van der Waals surface area (Å²) >= 11 is 0. The lowest BCUT2D eigenvalue weighted by molar-refractivity contribution is -0.133. The van der Waals surface area contributed by atoms with E-state index in [2.05, 4.69) is 15.1 Å². The number of hydrogen-bond acceptors (Lipinski definition) is 7. The fraction of sp³-hybridized carbons (Fsp3) is 0.579. The number of amides is 1. The summed E-state index contributed by atoms with van der Waals surface area (Å²) in [6.45, 7) is 5.13. The van der Waals surface area contributed by atoms with Gasteiger partial charge in [0.25, 0.3) is 5.88 Å². The standard InChI is InChI=1S/C19H27N5O3/c1-13-16(14(2)27-22-13)7-8-17(25)24-11-5-6-15(12-24)26-19-18(23(3)4)20-9-10-21-19/h9-10,15H,5-8,11-12H2,1-4H3. The average molecular weight is 373 g/mol. The lowest BCUT2D eigenvalue weighted by Crippen LogP contribution is -2.44. The summed E-state index contributed by atoms with van der Waals surface area (Å²) in [6.07, 6.45) is 6.11. The molecule has 2 aromatic rings. The molecule has 8 heteroatoms. The Kier molecular flexibility index (Phi) is 5.93. The summed E-state index contributed by atoms with van der Waals surface area (Å²) < 4.78 is 11.3. The third kappa shape index (κ3) is 4.56. The van der Waals surface area contributed by atoms with Crippen molar-refractivity contribution in [3.63, 3.8) is 0 Å². The van der Waals surface area contributed by atoms with Crippen molar-refractivity contribution in [3.05, 3.63) is 29.4 Å². The molecule has 1 atom stereocenters. The maximum Gasteiger partial charge on any atom is 0.257 e. The molecular weight excluding hydrogens is 346 g/mol. The van der Waals surface area contributed by atoms with Crippen molar-refractivity contribution in [1.82, 2.24) is 20.0 Å². The summed E-state index contributed by atoms with van der Waals surface area (Å²) in [7, 11) is 3.81. The van der Waals surface area contributed by atoms with Crippen molar-refractivity contribution >= 4 is 11.7 Å². The maximum absolute atomic E-state index is 12.7. The number of nitrogens with zero attached hydrogens (tertiary/aromatic N) is 5. The van der Waals surface area contributed by atoms with Crippen molar-refractivity contribution in [2.24, 2.45) is 0 Å². The highest BCUT2D eigenvalue weighted by Gasteiger charge is 2.26. The second kappa shape index (κ2) is 8.37. The number of carbonyl (C=O) groups excluding carboxylic acids is 1. The third-order valence-electron chi connectivity index (χ3n) is 4.85. The predicted octanol–water partition coefficient (Wildman–Crippen LogP) is 2.15. The highest BCUT2D eigenvalue weighted by Crippen LogP contribution is 2.24. The molecule has 3 heterocycles. The van der Waals surface area contributed by atoms with Crippen molar-refractivity contribution in [1.29, 1.82) is 0 Å². The Morgan fingerprint density at radius 3 is 2.81 bits per heavy atom. The lowest BCUT2D eigenvalue weighted by Gasteiger charge is -2.33. The van der Waals surface area contributed by atoms with Crippen molar-refractivity contribution in [2.75, 3.05) is 32.1 Å². The van der Waals surface area contributed by atoms with Crippen LogP contribution in [0.4, 0.5) is 5.82 Å². The van der Waals surface area contributed by atoms with Crippen LogP contribution in [0.25, 0.3) is 0 Å². The normalized spacial score (nSPS) is 17.0. The Bertz CT molecular complexity index is 770. The van der Waals surface area contributed by atoms with E-state index in [1.807, 2.05) is 37.7 Å². The zero-order chi connectivity index (χ0) is 19.4. The second-order valence-electron chi connectivity index (χ2n) is 7.10. The van der Waals surface area contributed by atoms with Gasteiger partial charge in [-0.15, -0.1) is 0 Å². The van der Waals surface area contributed by atoms with E-state index in [0.717, 1.165) is 36.4 Å².